The molecular weight excluding hydrogens is 244 g/mol. The lowest BCUT2D eigenvalue weighted by Crippen LogP contribution is -2.54. The van der Waals surface area contributed by atoms with Crippen molar-refractivity contribution in [3.05, 3.63) is 0 Å². The monoisotopic (exact) mass is 270 g/mol. The third-order valence-electron chi connectivity index (χ3n) is 3.72. The Morgan fingerprint density at radius 3 is 2.79 bits per heavy atom. The number of carbonyl (C=O) groups excluding carboxylic acids is 2. The molecule has 1 rings (SSSR count). The predicted octanol–water partition coefficient (Wildman–Crippen LogP) is 1.32. The van der Waals surface area contributed by atoms with E-state index in [4.69, 9.17) is 4.74 Å². The van der Waals surface area contributed by atoms with E-state index in [1.807, 2.05) is 11.8 Å². The molecule has 1 heterocycles. The molecular formula is C14H26N2O3. The van der Waals surface area contributed by atoms with Crippen molar-refractivity contribution >= 4 is 11.9 Å². The number of hydrogen-bond acceptors (Lipinski definition) is 4. The minimum Gasteiger partial charge on any atom is -0.468 e. The number of methoxy groups -OCH3 is 1. The fourth-order valence-corrected chi connectivity index (χ4v) is 2.49. The van der Waals surface area contributed by atoms with Gasteiger partial charge in [0.25, 0.3) is 0 Å². The number of piperidine rings is 1. The van der Waals surface area contributed by atoms with Crippen molar-refractivity contribution < 1.29 is 14.3 Å². The van der Waals surface area contributed by atoms with Crippen molar-refractivity contribution in [2.45, 2.75) is 58.0 Å². The number of likely N-dealkylation sites (tertiary alicyclic amines) is 1. The number of rotatable bonds is 6. The second kappa shape index (κ2) is 8.15. The maximum Gasteiger partial charge on any atom is 0.323 e. The summed E-state index contributed by atoms with van der Waals surface area (Å²) in [4.78, 5) is 25.8. The summed E-state index contributed by atoms with van der Waals surface area (Å²) in [5, 5.41) is 2.93. The zero-order valence-corrected chi connectivity index (χ0v) is 12.3. The maximum atomic E-state index is 12.1. The molecule has 2 atom stereocenters. The van der Waals surface area contributed by atoms with E-state index in [2.05, 4.69) is 12.2 Å². The standard InChI is InChI=1S/C14H26N2O3/c1-4-5-9-15-13(17)11(2)16-10-7-6-8-12(16)14(18)19-3/h11-12H,4-10H2,1-3H3,(H,15,17). The van der Waals surface area contributed by atoms with Gasteiger partial charge in [0.15, 0.2) is 0 Å². The Labute approximate surface area is 115 Å². The second-order valence-electron chi connectivity index (χ2n) is 5.09. The fraction of sp³-hybridized carbons (Fsp3) is 0.857. The third kappa shape index (κ3) is 4.49. The Morgan fingerprint density at radius 2 is 2.16 bits per heavy atom. The summed E-state index contributed by atoms with van der Waals surface area (Å²) in [5.74, 6) is -0.225. The molecule has 1 amide bonds. The number of carbonyl (C=O) groups is 2. The van der Waals surface area contributed by atoms with Gasteiger partial charge in [-0.25, -0.2) is 0 Å². The number of nitrogens with zero attached hydrogens (tertiary/aromatic N) is 1. The first-order valence-corrected chi connectivity index (χ1v) is 7.23. The summed E-state index contributed by atoms with van der Waals surface area (Å²) < 4.78 is 4.84. The number of esters is 1. The third-order valence-corrected chi connectivity index (χ3v) is 3.72. The zero-order valence-electron chi connectivity index (χ0n) is 12.3. The molecule has 0 saturated carbocycles. The molecule has 0 aromatic heterocycles. The van der Waals surface area contributed by atoms with Gasteiger partial charge in [-0.1, -0.05) is 19.8 Å². The average Bonchev–Trinajstić information content (AvgIpc) is 2.45. The molecule has 0 radical (unpaired) electrons. The normalized spacial score (nSPS) is 21.7. The van der Waals surface area contributed by atoms with Crippen LogP contribution in [0.5, 0.6) is 0 Å². The molecule has 1 saturated heterocycles. The molecule has 2 unspecified atom stereocenters. The van der Waals surface area contributed by atoms with Crippen molar-refractivity contribution in [1.82, 2.24) is 10.2 Å². The molecule has 0 spiro atoms. The second-order valence-corrected chi connectivity index (χ2v) is 5.09. The van der Waals surface area contributed by atoms with Crippen LogP contribution in [0, 0.1) is 0 Å². The van der Waals surface area contributed by atoms with Gasteiger partial charge in [-0.05, 0) is 32.7 Å². The van der Waals surface area contributed by atoms with Crippen LogP contribution >= 0.6 is 0 Å². The van der Waals surface area contributed by atoms with Gasteiger partial charge in [0, 0.05) is 6.54 Å². The van der Waals surface area contributed by atoms with E-state index < -0.39 is 0 Å². The Hall–Kier alpha value is -1.10. The predicted molar refractivity (Wildman–Crippen MR) is 73.7 cm³/mol. The highest BCUT2D eigenvalue weighted by atomic mass is 16.5. The SMILES string of the molecule is CCCCNC(=O)C(C)N1CCCCC1C(=O)OC. The van der Waals surface area contributed by atoms with Crippen molar-refractivity contribution in [3.8, 4) is 0 Å². The first kappa shape index (κ1) is 16.0. The average molecular weight is 270 g/mol. The number of nitrogens with one attached hydrogen (secondary N) is 1. The molecule has 5 heteroatoms. The van der Waals surface area contributed by atoms with Gasteiger partial charge in [-0.2, -0.15) is 0 Å². The van der Waals surface area contributed by atoms with Gasteiger partial charge in [-0.3, -0.25) is 14.5 Å². The Morgan fingerprint density at radius 1 is 1.42 bits per heavy atom. The number of amides is 1. The van der Waals surface area contributed by atoms with Gasteiger partial charge >= 0.3 is 5.97 Å². The zero-order chi connectivity index (χ0) is 14.3. The summed E-state index contributed by atoms with van der Waals surface area (Å²) in [6, 6.07) is -0.549. The molecule has 1 aliphatic heterocycles. The van der Waals surface area contributed by atoms with E-state index in [1.165, 1.54) is 7.11 Å². The van der Waals surface area contributed by atoms with Crippen LogP contribution in [-0.4, -0.2) is 49.1 Å². The summed E-state index contributed by atoms with van der Waals surface area (Å²) in [6.45, 7) is 5.44. The van der Waals surface area contributed by atoms with Crippen molar-refractivity contribution in [1.29, 1.82) is 0 Å². The van der Waals surface area contributed by atoms with Gasteiger partial charge in [0.1, 0.15) is 6.04 Å². The topological polar surface area (TPSA) is 58.6 Å². The van der Waals surface area contributed by atoms with Crippen LogP contribution in [-0.2, 0) is 14.3 Å². The summed E-state index contributed by atoms with van der Waals surface area (Å²) in [6.07, 6.45) is 4.86. The number of hydrogen-bond donors (Lipinski definition) is 1. The molecule has 0 bridgehead atoms. The summed E-state index contributed by atoms with van der Waals surface area (Å²) in [7, 11) is 1.40. The van der Waals surface area contributed by atoms with Crippen LogP contribution in [0.15, 0.2) is 0 Å². The quantitative estimate of drug-likeness (QED) is 0.584. The number of unbranched alkanes of at least 4 members (excludes halogenated alkanes) is 1. The van der Waals surface area contributed by atoms with Crippen molar-refractivity contribution in [3.63, 3.8) is 0 Å². The van der Waals surface area contributed by atoms with Gasteiger partial charge in [0.2, 0.25) is 5.91 Å². The van der Waals surface area contributed by atoms with Crippen LogP contribution in [0.1, 0.15) is 46.0 Å². The lowest BCUT2D eigenvalue weighted by atomic mass is 10.00. The van der Waals surface area contributed by atoms with Crippen LogP contribution in [0.4, 0.5) is 0 Å². The maximum absolute atomic E-state index is 12.1. The Balaban J connectivity index is 2.58. The lowest BCUT2D eigenvalue weighted by Gasteiger charge is -2.37. The Bertz CT molecular complexity index is 307. The minimum absolute atomic E-state index is 0.00394. The summed E-state index contributed by atoms with van der Waals surface area (Å²) >= 11 is 0. The molecule has 0 aromatic carbocycles. The van der Waals surface area contributed by atoms with Gasteiger partial charge in [-0.15, -0.1) is 0 Å². The lowest BCUT2D eigenvalue weighted by molar-refractivity contribution is -0.150. The van der Waals surface area contributed by atoms with E-state index in [1.54, 1.807) is 0 Å². The van der Waals surface area contributed by atoms with Gasteiger partial charge in [0.05, 0.1) is 13.2 Å². The smallest absolute Gasteiger partial charge is 0.323 e. The largest absolute Gasteiger partial charge is 0.468 e. The molecule has 19 heavy (non-hydrogen) atoms. The highest BCUT2D eigenvalue weighted by Crippen LogP contribution is 2.20. The summed E-state index contributed by atoms with van der Waals surface area (Å²) in [5.41, 5.74) is 0. The van der Waals surface area contributed by atoms with Gasteiger partial charge < -0.3 is 10.1 Å². The molecule has 0 aromatic rings. The van der Waals surface area contributed by atoms with E-state index in [9.17, 15) is 9.59 Å². The first-order valence-electron chi connectivity index (χ1n) is 7.23. The molecule has 1 aliphatic rings. The van der Waals surface area contributed by atoms with Crippen LogP contribution in [0.25, 0.3) is 0 Å². The van der Waals surface area contributed by atoms with Crippen LogP contribution in [0.2, 0.25) is 0 Å². The molecule has 0 aliphatic carbocycles. The van der Waals surface area contributed by atoms with E-state index in [0.717, 1.165) is 38.6 Å². The first-order chi connectivity index (χ1) is 9.11. The highest BCUT2D eigenvalue weighted by Gasteiger charge is 2.34. The van der Waals surface area contributed by atoms with Crippen LogP contribution < -0.4 is 5.32 Å². The van der Waals surface area contributed by atoms with E-state index in [-0.39, 0.29) is 24.0 Å². The molecule has 1 N–H and O–H groups in total. The fourth-order valence-electron chi connectivity index (χ4n) is 2.49. The number of ether oxygens (including phenoxy) is 1. The van der Waals surface area contributed by atoms with Crippen molar-refractivity contribution in [2.75, 3.05) is 20.2 Å². The minimum atomic E-state index is -0.277. The van der Waals surface area contributed by atoms with E-state index >= 15 is 0 Å². The molecule has 5 nitrogen and oxygen atoms in total. The highest BCUT2D eigenvalue weighted by molar-refractivity contribution is 5.83. The van der Waals surface area contributed by atoms with Crippen LogP contribution in [0.3, 0.4) is 0 Å². The molecule has 1 fully saturated rings. The Kier molecular flexibility index (Phi) is 6.84. The van der Waals surface area contributed by atoms with Crippen molar-refractivity contribution in [2.24, 2.45) is 0 Å². The molecule has 110 valence electrons. The van der Waals surface area contributed by atoms with E-state index in [0.29, 0.717) is 6.54 Å².